The molecule has 0 radical (unpaired) electrons. The molecule has 6 nitrogen and oxygen atoms in total. The number of carbonyl (C=O) groups excluding carboxylic acids is 1. The predicted molar refractivity (Wildman–Crippen MR) is 95.3 cm³/mol. The number of rotatable bonds is 7. The molecule has 1 aliphatic rings. The smallest absolute Gasteiger partial charge is 0.329 e. The minimum Gasteiger partial charge on any atom is -0.494 e. The van der Waals surface area contributed by atoms with E-state index in [9.17, 15) is 4.79 Å². The Bertz CT molecular complexity index is 678. The second-order valence-electron chi connectivity index (χ2n) is 6.25. The van der Waals surface area contributed by atoms with E-state index in [0.717, 1.165) is 30.7 Å². The van der Waals surface area contributed by atoms with E-state index < -0.39 is 0 Å². The number of ether oxygens (including phenoxy) is 2. The van der Waals surface area contributed by atoms with Crippen LogP contribution in [0, 0.1) is 0 Å². The average Bonchev–Trinajstić information content (AvgIpc) is 3.31. The first kappa shape index (κ1) is 17.3. The van der Waals surface area contributed by atoms with Crippen molar-refractivity contribution in [2.24, 2.45) is 0 Å². The molecule has 2 aromatic rings. The first-order chi connectivity index (χ1) is 12.3. The molecule has 1 amide bonds. The Morgan fingerprint density at radius 3 is 2.76 bits per heavy atom. The average molecular weight is 343 g/mol. The summed E-state index contributed by atoms with van der Waals surface area (Å²) in [5, 5.41) is 2.89. The van der Waals surface area contributed by atoms with E-state index in [1.165, 1.54) is 24.5 Å². The van der Waals surface area contributed by atoms with Crippen LogP contribution in [-0.4, -0.2) is 35.8 Å². The highest BCUT2D eigenvalue weighted by Gasteiger charge is 2.23. The summed E-state index contributed by atoms with van der Waals surface area (Å²) in [5.74, 6) is 1.29. The number of carbonyl (C=O) groups is 1. The Kier molecular flexibility index (Phi) is 5.93. The molecular weight excluding hydrogens is 318 g/mol. The summed E-state index contributed by atoms with van der Waals surface area (Å²) < 4.78 is 12.3. The van der Waals surface area contributed by atoms with E-state index in [0.29, 0.717) is 25.1 Å². The SMILES string of the molecule is COc1nc(C2CCCC2)cn1C(=O)NCCCOc1ccccc1. The fourth-order valence-electron chi connectivity index (χ4n) is 3.15. The maximum Gasteiger partial charge on any atom is 0.329 e. The van der Waals surface area contributed by atoms with E-state index in [2.05, 4.69) is 10.3 Å². The van der Waals surface area contributed by atoms with Crippen molar-refractivity contribution in [2.75, 3.05) is 20.3 Å². The van der Waals surface area contributed by atoms with Crippen LogP contribution in [0.2, 0.25) is 0 Å². The molecule has 0 spiro atoms. The van der Waals surface area contributed by atoms with Gasteiger partial charge in [0.1, 0.15) is 5.75 Å². The molecule has 1 saturated carbocycles. The van der Waals surface area contributed by atoms with Crippen LogP contribution in [0.15, 0.2) is 36.5 Å². The Balaban J connectivity index is 1.47. The third-order valence-corrected chi connectivity index (χ3v) is 4.48. The van der Waals surface area contributed by atoms with Crippen molar-refractivity contribution in [3.63, 3.8) is 0 Å². The molecule has 0 saturated heterocycles. The van der Waals surface area contributed by atoms with Crippen LogP contribution in [-0.2, 0) is 0 Å². The fraction of sp³-hybridized carbons (Fsp3) is 0.474. The Labute approximate surface area is 148 Å². The number of aromatic nitrogens is 2. The number of methoxy groups -OCH3 is 1. The minimum absolute atomic E-state index is 0.215. The standard InChI is InChI=1S/C19H25N3O3/c1-24-19-21-17(15-8-5-6-9-15)14-22(19)18(23)20-12-7-13-25-16-10-3-2-4-11-16/h2-4,10-11,14-15H,5-9,12-13H2,1H3,(H,20,23). The van der Waals surface area contributed by atoms with Gasteiger partial charge < -0.3 is 14.8 Å². The van der Waals surface area contributed by atoms with Gasteiger partial charge in [0.15, 0.2) is 0 Å². The topological polar surface area (TPSA) is 65.4 Å². The van der Waals surface area contributed by atoms with Gasteiger partial charge in [-0.1, -0.05) is 31.0 Å². The molecule has 1 aromatic carbocycles. The molecule has 25 heavy (non-hydrogen) atoms. The molecule has 0 unspecified atom stereocenters. The van der Waals surface area contributed by atoms with E-state index in [1.807, 2.05) is 36.5 Å². The van der Waals surface area contributed by atoms with Crippen molar-refractivity contribution < 1.29 is 14.3 Å². The molecule has 1 N–H and O–H groups in total. The van der Waals surface area contributed by atoms with Crippen molar-refractivity contribution >= 4 is 6.03 Å². The molecule has 3 rings (SSSR count). The number of benzene rings is 1. The predicted octanol–water partition coefficient (Wildman–Crippen LogP) is 3.58. The molecule has 134 valence electrons. The third-order valence-electron chi connectivity index (χ3n) is 4.48. The number of nitrogens with zero attached hydrogens (tertiary/aromatic N) is 2. The molecule has 1 heterocycles. The van der Waals surface area contributed by atoms with Gasteiger partial charge in [-0.05, 0) is 31.4 Å². The van der Waals surface area contributed by atoms with Gasteiger partial charge in [0.25, 0.3) is 0 Å². The molecule has 0 aliphatic heterocycles. The summed E-state index contributed by atoms with van der Waals surface area (Å²) in [6.07, 6.45) is 7.27. The van der Waals surface area contributed by atoms with Gasteiger partial charge in [-0.3, -0.25) is 0 Å². The number of para-hydroxylation sites is 1. The molecule has 0 atom stereocenters. The van der Waals surface area contributed by atoms with Crippen LogP contribution >= 0.6 is 0 Å². The highest BCUT2D eigenvalue weighted by atomic mass is 16.5. The van der Waals surface area contributed by atoms with Gasteiger partial charge in [0, 0.05) is 18.7 Å². The van der Waals surface area contributed by atoms with Crippen LogP contribution in [0.25, 0.3) is 0 Å². The van der Waals surface area contributed by atoms with E-state index >= 15 is 0 Å². The third kappa shape index (κ3) is 4.53. The zero-order valence-electron chi connectivity index (χ0n) is 14.6. The summed E-state index contributed by atoms with van der Waals surface area (Å²) >= 11 is 0. The van der Waals surface area contributed by atoms with Crippen LogP contribution in [0.1, 0.15) is 43.7 Å². The highest BCUT2D eigenvalue weighted by Crippen LogP contribution is 2.34. The van der Waals surface area contributed by atoms with E-state index in [-0.39, 0.29) is 6.03 Å². The monoisotopic (exact) mass is 343 g/mol. The van der Waals surface area contributed by atoms with Gasteiger partial charge in [0.2, 0.25) is 0 Å². The number of nitrogens with one attached hydrogen (secondary N) is 1. The lowest BCUT2D eigenvalue weighted by atomic mass is 10.1. The van der Waals surface area contributed by atoms with Crippen LogP contribution in [0.3, 0.4) is 0 Å². The van der Waals surface area contributed by atoms with Gasteiger partial charge in [-0.25, -0.2) is 9.36 Å². The normalized spacial score (nSPS) is 14.4. The largest absolute Gasteiger partial charge is 0.494 e. The van der Waals surface area contributed by atoms with Crippen LogP contribution in [0.4, 0.5) is 4.79 Å². The van der Waals surface area contributed by atoms with Crippen molar-refractivity contribution in [3.05, 3.63) is 42.2 Å². The van der Waals surface area contributed by atoms with Gasteiger partial charge in [0.05, 0.1) is 19.4 Å². The molecule has 1 fully saturated rings. The van der Waals surface area contributed by atoms with Crippen LogP contribution in [0.5, 0.6) is 11.8 Å². The Morgan fingerprint density at radius 2 is 2.04 bits per heavy atom. The summed E-state index contributed by atoms with van der Waals surface area (Å²) in [6, 6.07) is 9.78. The van der Waals surface area contributed by atoms with Crippen molar-refractivity contribution in [3.8, 4) is 11.8 Å². The first-order valence-corrected chi connectivity index (χ1v) is 8.87. The molecule has 0 bridgehead atoms. The highest BCUT2D eigenvalue weighted by molar-refractivity contribution is 5.78. The van der Waals surface area contributed by atoms with Gasteiger partial charge >= 0.3 is 12.0 Å². The quantitative estimate of drug-likeness (QED) is 0.781. The summed E-state index contributed by atoms with van der Waals surface area (Å²) in [4.78, 5) is 16.8. The van der Waals surface area contributed by atoms with Crippen molar-refractivity contribution in [2.45, 2.75) is 38.0 Å². The number of amides is 1. The van der Waals surface area contributed by atoms with E-state index in [1.54, 1.807) is 0 Å². The summed E-state index contributed by atoms with van der Waals surface area (Å²) in [7, 11) is 1.54. The lowest BCUT2D eigenvalue weighted by Gasteiger charge is -2.08. The van der Waals surface area contributed by atoms with Crippen molar-refractivity contribution in [1.29, 1.82) is 0 Å². The number of hydrogen-bond acceptors (Lipinski definition) is 4. The zero-order chi connectivity index (χ0) is 17.5. The minimum atomic E-state index is -0.215. The summed E-state index contributed by atoms with van der Waals surface area (Å²) in [6.45, 7) is 1.09. The van der Waals surface area contributed by atoms with Gasteiger partial charge in [-0.15, -0.1) is 0 Å². The summed E-state index contributed by atoms with van der Waals surface area (Å²) in [5.41, 5.74) is 0.955. The Hall–Kier alpha value is -2.50. The second-order valence-corrected chi connectivity index (χ2v) is 6.25. The number of hydrogen-bond donors (Lipinski definition) is 1. The fourth-order valence-corrected chi connectivity index (χ4v) is 3.15. The van der Waals surface area contributed by atoms with E-state index in [4.69, 9.17) is 9.47 Å². The number of imidazole rings is 1. The maximum absolute atomic E-state index is 12.4. The molecule has 1 aromatic heterocycles. The molecule has 1 aliphatic carbocycles. The zero-order valence-corrected chi connectivity index (χ0v) is 14.6. The molecular formula is C19H25N3O3. The van der Waals surface area contributed by atoms with Crippen LogP contribution < -0.4 is 14.8 Å². The first-order valence-electron chi connectivity index (χ1n) is 8.87. The lowest BCUT2D eigenvalue weighted by molar-refractivity contribution is 0.236. The van der Waals surface area contributed by atoms with Crippen molar-refractivity contribution in [1.82, 2.24) is 14.9 Å². The van der Waals surface area contributed by atoms with Gasteiger partial charge in [-0.2, -0.15) is 4.98 Å². The maximum atomic E-state index is 12.4. The Morgan fingerprint density at radius 1 is 1.28 bits per heavy atom. The second kappa shape index (κ2) is 8.55. The lowest BCUT2D eigenvalue weighted by Crippen LogP contribution is -2.30. The molecule has 6 heteroatoms.